The smallest absolute Gasteiger partial charge is 0.320 e. The third kappa shape index (κ3) is 4.92. The number of hydrogen-bond acceptors (Lipinski definition) is 3. The van der Waals surface area contributed by atoms with E-state index in [4.69, 9.17) is 0 Å². The van der Waals surface area contributed by atoms with E-state index in [9.17, 15) is 9.00 Å². The summed E-state index contributed by atoms with van der Waals surface area (Å²) in [7, 11) is -1.12. The molecule has 24 heavy (non-hydrogen) atoms. The van der Waals surface area contributed by atoms with Crippen molar-refractivity contribution in [2.45, 2.75) is 38.1 Å². The van der Waals surface area contributed by atoms with Gasteiger partial charge in [-0.1, -0.05) is 18.2 Å². The number of hydrogen-bond donors (Lipinski definition) is 2. The number of amides is 2. The van der Waals surface area contributed by atoms with Crippen molar-refractivity contribution < 1.29 is 9.00 Å². The van der Waals surface area contributed by atoms with Gasteiger partial charge in [0.15, 0.2) is 0 Å². The van der Waals surface area contributed by atoms with Gasteiger partial charge < -0.3 is 5.32 Å². The lowest BCUT2D eigenvalue weighted by Crippen LogP contribution is -2.34. The Balaban J connectivity index is 1.87. The van der Waals surface area contributed by atoms with Gasteiger partial charge in [-0.2, -0.15) is 5.10 Å². The molecule has 2 N–H and O–H groups in total. The zero-order valence-corrected chi connectivity index (χ0v) is 15.3. The normalized spacial score (nSPS) is 12.7. The van der Waals surface area contributed by atoms with E-state index in [2.05, 4.69) is 15.7 Å². The predicted molar refractivity (Wildman–Crippen MR) is 96.7 cm³/mol. The van der Waals surface area contributed by atoms with E-state index in [1.807, 2.05) is 64.1 Å². The van der Waals surface area contributed by atoms with Crippen LogP contribution in [0, 0.1) is 6.92 Å². The summed E-state index contributed by atoms with van der Waals surface area (Å²) in [6, 6.07) is 10.7. The quantitative estimate of drug-likeness (QED) is 0.872. The molecule has 1 unspecified atom stereocenters. The molecular weight excluding hydrogens is 324 g/mol. The zero-order chi connectivity index (χ0) is 17.7. The Morgan fingerprint density at radius 2 is 1.92 bits per heavy atom. The second-order valence-electron chi connectivity index (χ2n) is 6.50. The number of anilines is 1. The first-order valence-electron chi connectivity index (χ1n) is 7.83. The molecule has 1 atom stereocenters. The Morgan fingerprint density at radius 3 is 2.54 bits per heavy atom. The SMILES string of the molecule is Cc1cc(NC(=O)NCCS(=O)c2ccccc2)n(C(C)(C)C)n1. The highest BCUT2D eigenvalue weighted by Gasteiger charge is 2.19. The molecule has 1 aromatic heterocycles. The molecule has 1 aromatic carbocycles. The molecule has 0 radical (unpaired) electrons. The van der Waals surface area contributed by atoms with Gasteiger partial charge in [0.25, 0.3) is 0 Å². The minimum absolute atomic E-state index is 0.230. The Bertz CT molecular complexity index is 720. The highest BCUT2D eigenvalue weighted by Crippen LogP contribution is 2.20. The fraction of sp³-hybridized carbons (Fsp3) is 0.412. The molecule has 0 aliphatic heterocycles. The van der Waals surface area contributed by atoms with Crippen molar-refractivity contribution in [2.75, 3.05) is 17.6 Å². The number of aryl methyl sites for hydroxylation is 1. The monoisotopic (exact) mass is 348 g/mol. The molecule has 0 aliphatic rings. The Labute approximate surface area is 145 Å². The molecule has 7 heteroatoms. The molecular formula is C17H24N4O2S. The third-order valence-corrected chi connectivity index (χ3v) is 4.66. The minimum atomic E-state index is -1.12. The van der Waals surface area contributed by atoms with E-state index in [-0.39, 0.29) is 11.6 Å². The van der Waals surface area contributed by atoms with Crippen LogP contribution in [0.3, 0.4) is 0 Å². The Morgan fingerprint density at radius 1 is 1.25 bits per heavy atom. The van der Waals surface area contributed by atoms with Gasteiger partial charge in [-0.25, -0.2) is 9.48 Å². The van der Waals surface area contributed by atoms with Gasteiger partial charge in [0, 0.05) is 23.3 Å². The standard InChI is InChI=1S/C17H24N4O2S/c1-13-12-15(21(20-13)17(2,3)4)19-16(22)18-10-11-24(23)14-8-6-5-7-9-14/h5-9,12H,10-11H2,1-4H3,(H2,18,19,22). The van der Waals surface area contributed by atoms with Crippen LogP contribution in [0.1, 0.15) is 26.5 Å². The van der Waals surface area contributed by atoms with Gasteiger partial charge in [0.2, 0.25) is 0 Å². The molecule has 0 saturated carbocycles. The highest BCUT2D eigenvalue weighted by atomic mass is 32.2. The van der Waals surface area contributed by atoms with E-state index < -0.39 is 10.8 Å². The van der Waals surface area contributed by atoms with Crippen LogP contribution in [0.2, 0.25) is 0 Å². The summed E-state index contributed by atoms with van der Waals surface area (Å²) in [5.74, 6) is 1.01. The summed E-state index contributed by atoms with van der Waals surface area (Å²) in [4.78, 5) is 12.8. The van der Waals surface area contributed by atoms with Gasteiger partial charge >= 0.3 is 6.03 Å². The first-order valence-corrected chi connectivity index (χ1v) is 9.14. The van der Waals surface area contributed by atoms with Crippen LogP contribution in [0.25, 0.3) is 0 Å². The average molecular weight is 348 g/mol. The summed E-state index contributed by atoms with van der Waals surface area (Å²) >= 11 is 0. The summed E-state index contributed by atoms with van der Waals surface area (Å²) in [5, 5.41) is 9.95. The second-order valence-corrected chi connectivity index (χ2v) is 8.07. The fourth-order valence-electron chi connectivity index (χ4n) is 2.21. The summed E-state index contributed by atoms with van der Waals surface area (Å²) < 4.78 is 13.9. The van der Waals surface area contributed by atoms with Crippen LogP contribution < -0.4 is 10.6 Å². The number of aromatic nitrogens is 2. The van der Waals surface area contributed by atoms with E-state index >= 15 is 0 Å². The van der Waals surface area contributed by atoms with Crippen LogP contribution in [0.5, 0.6) is 0 Å². The molecule has 0 fully saturated rings. The summed E-state index contributed by atoms with van der Waals surface area (Å²) in [6.07, 6.45) is 0. The molecule has 2 rings (SSSR count). The summed E-state index contributed by atoms with van der Waals surface area (Å²) in [5.41, 5.74) is 0.608. The number of nitrogens with zero attached hydrogens (tertiary/aromatic N) is 2. The Kier molecular flexibility index (Phi) is 5.77. The molecule has 130 valence electrons. The highest BCUT2D eigenvalue weighted by molar-refractivity contribution is 7.85. The van der Waals surface area contributed by atoms with Gasteiger partial charge in [0.05, 0.1) is 22.0 Å². The number of carbonyl (C=O) groups excluding carboxylic acids is 1. The Hall–Kier alpha value is -2.15. The van der Waals surface area contributed by atoms with Crippen molar-refractivity contribution in [2.24, 2.45) is 0 Å². The van der Waals surface area contributed by atoms with Crippen LogP contribution in [0.15, 0.2) is 41.3 Å². The van der Waals surface area contributed by atoms with E-state index in [1.165, 1.54) is 0 Å². The van der Waals surface area contributed by atoms with E-state index in [0.717, 1.165) is 10.6 Å². The molecule has 0 bridgehead atoms. The van der Waals surface area contributed by atoms with Crippen LogP contribution in [0.4, 0.5) is 10.6 Å². The van der Waals surface area contributed by atoms with Crippen molar-refractivity contribution in [1.82, 2.24) is 15.1 Å². The van der Waals surface area contributed by atoms with Gasteiger partial charge in [-0.15, -0.1) is 0 Å². The van der Waals surface area contributed by atoms with E-state index in [1.54, 1.807) is 4.68 Å². The van der Waals surface area contributed by atoms with Crippen molar-refractivity contribution in [1.29, 1.82) is 0 Å². The number of rotatable bonds is 5. The topological polar surface area (TPSA) is 76.0 Å². The average Bonchev–Trinajstić information content (AvgIpc) is 2.88. The van der Waals surface area contributed by atoms with Gasteiger partial charge in [-0.3, -0.25) is 9.53 Å². The van der Waals surface area contributed by atoms with Crippen molar-refractivity contribution in [3.8, 4) is 0 Å². The van der Waals surface area contributed by atoms with Crippen LogP contribution in [-0.4, -0.2) is 32.3 Å². The molecule has 0 saturated heterocycles. The third-order valence-electron chi connectivity index (χ3n) is 3.29. The summed E-state index contributed by atoms with van der Waals surface area (Å²) in [6.45, 7) is 8.27. The van der Waals surface area contributed by atoms with Crippen molar-refractivity contribution in [3.05, 3.63) is 42.1 Å². The van der Waals surface area contributed by atoms with Gasteiger partial charge in [0.1, 0.15) is 5.82 Å². The van der Waals surface area contributed by atoms with Crippen molar-refractivity contribution in [3.63, 3.8) is 0 Å². The minimum Gasteiger partial charge on any atom is -0.337 e. The predicted octanol–water partition coefficient (Wildman–Crippen LogP) is 2.88. The lowest BCUT2D eigenvalue weighted by molar-refractivity contribution is 0.252. The number of nitrogens with one attached hydrogen (secondary N) is 2. The fourth-order valence-corrected chi connectivity index (χ4v) is 3.19. The largest absolute Gasteiger partial charge is 0.337 e. The first kappa shape index (κ1) is 18.2. The molecule has 2 amide bonds. The molecule has 0 aliphatic carbocycles. The van der Waals surface area contributed by atoms with Crippen LogP contribution in [-0.2, 0) is 16.3 Å². The number of carbonyl (C=O) groups is 1. The maximum Gasteiger partial charge on any atom is 0.320 e. The number of benzene rings is 1. The van der Waals surface area contributed by atoms with Crippen LogP contribution >= 0.6 is 0 Å². The number of urea groups is 1. The maximum atomic E-state index is 12.1. The molecule has 6 nitrogen and oxygen atoms in total. The lowest BCUT2D eigenvalue weighted by Gasteiger charge is -2.22. The molecule has 2 aromatic rings. The van der Waals surface area contributed by atoms with E-state index in [0.29, 0.717) is 18.1 Å². The lowest BCUT2D eigenvalue weighted by atomic mass is 10.1. The van der Waals surface area contributed by atoms with Gasteiger partial charge in [-0.05, 0) is 39.8 Å². The maximum absolute atomic E-state index is 12.1. The first-order chi connectivity index (χ1) is 11.3. The molecule has 1 heterocycles. The molecule has 0 spiro atoms. The second kappa shape index (κ2) is 7.61. The van der Waals surface area contributed by atoms with Crippen molar-refractivity contribution >= 4 is 22.6 Å². The zero-order valence-electron chi connectivity index (χ0n) is 14.5.